The Morgan fingerprint density at radius 1 is 0.507 bits per heavy atom. The van der Waals surface area contributed by atoms with Crippen LogP contribution in [0.5, 0.6) is 0 Å². The molecule has 3 heteroatoms. The standard InChI is InChI=1S/C68H51NO2/c1-4-19-45(20-5-1)48-26-16-28-53(38-48)69(55-40-51(46-21-6-2-7-22-46)37-52(41-55)47-23-8-3-9-24-47)54-29-17-27-49(39-54)57-35-18-36-63-67(57)71-65-44-68-43-50-25-10-11-30-56(50)58-31-12-14-33-60(58)66(68)61-34-15-13-32-59(61)62(68)42-64(65)70-63/h1-14,16-33,35-42,44,62-63,66-67H,15,34,43H2. The number of allylic oxidation sites excluding steroid dienone is 8. The highest BCUT2D eigenvalue weighted by molar-refractivity contribution is 5.88. The third-order valence-electron chi connectivity index (χ3n) is 15.8. The number of hydrogen-bond donors (Lipinski definition) is 0. The lowest BCUT2D eigenvalue weighted by molar-refractivity contribution is -0.0234. The molecule has 1 spiro atoms. The summed E-state index contributed by atoms with van der Waals surface area (Å²) in [5.74, 6) is 2.12. The first-order valence-electron chi connectivity index (χ1n) is 25.2. The van der Waals surface area contributed by atoms with Gasteiger partial charge in [-0.15, -0.1) is 0 Å². The Morgan fingerprint density at radius 2 is 1.11 bits per heavy atom. The summed E-state index contributed by atoms with van der Waals surface area (Å²) in [5, 5.41) is 0. The van der Waals surface area contributed by atoms with Gasteiger partial charge in [0, 0.05) is 39.9 Å². The summed E-state index contributed by atoms with van der Waals surface area (Å²) in [6, 6.07) is 75.2. The topological polar surface area (TPSA) is 21.7 Å². The van der Waals surface area contributed by atoms with E-state index in [4.69, 9.17) is 9.47 Å². The van der Waals surface area contributed by atoms with E-state index in [1.165, 1.54) is 44.5 Å². The van der Waals surface area contributed by atoms with Gasteiger partial charge in [0.05, 0.1) is 0 Å². The van der Waals surface area contributed by atoms with Crippen molar-refractivity contribution in [2.45, 2.75) is 37.4 Å². The molecule has 1 fully saturated rings. The SMILES string of the molecule is C1=CC2OC3=CC4C5=C(CCC=C5)C5c6ccccc6-c6ccccc6CC45C=C3OC2C(c2cccc(N(c3cccc(-c4ccccc4)c3)c3cc(-c4ccccc4)cc(-c4ccccc4)c3)c2)=C1. The fourth-order valence-electron chi connectivity index (χ4n) is 12.7. The minimum Gasteiger partial charge on any atom is -0.479 e. The number of rotatable bonds is 7. The van der Waals surface area contributed by atoms with Crippen molar-refractivity contribution in [3.63, 3.8) is 0 Å². The monoisotopic (exact) mass is 913 g/mol. The van der Waals surface area contributed by atoms with Crippen LogP contribution in [0.15, 0.2) is 271 Å². The molecular weight excluding hydrogens is 863 g/mol. The fourth-order valence-corrected chi connectivity index (χ4v) is 12.7. The normalized spacial score (nSPS) is 22.0. The van der Waals surface area contributed by atoms with Crippen LogP contribution in [-0.4, -0.2) is 12.2 Å². The Kier molecular flexibility index (Phi) is 9.91. The highest BCUT2D eigenvalue weighted by Crippen LogP contribution is 2.66. The first-order chi connectivity index (χ1) is 35.1. The number of nitrogens with zero attached hydrogens (tertiary/aromatic N) is 1. The van der Waals surface area contributed by atoms with Gasteiger partial charge in [-0.25, -0.2) is 0 Å². The van der Waals surface area contributed by atoms with Gasteiger partial charge >= 0.3 is 0 Å². The van der Waals surface area contributed by atoms with Gasteiger partial charge in [-0.05, 0) is 147 Å². The Bertz CT molecular complexity index is 3540. The third kappa shape index (κ3) is 7.02. The molecule has 0 radical (unpaired) electrons. The van der Waals surface area contributed by atoms with Gasteiger partial charge in [-0.1, -0.05) is 194 Å². The van der Waals surface area contributed by atoms with Crippen LogP contribution in [-0.2, 0) is 15.9 Å². The highest BCUT2D eigenvalue weighted by atomic mass is 16.6. The van der Waals surface area contributed by atoms with Gasteiger partial charge in [0.15, 0.2) is 23.7 Å². The van der Waals surface area contributed by atoms with Crippen LogP contribution in [0.4, 0.5) is 17.1 Å². The van der Waals surface area contributed by atoms with Crippen LogP contribution >= 0.6 is 0 Å². The molecule has 8 aromatic carbocycles. The fraction of sp³-hybridized carbons (Fsp3) is 0.118. The lowest BCUT2D eigenvalue weighted by atomic mass is 9.62. The third-order valence-corrected chi connectivity index (χ3v) is 15.8. The van der Waals surface area contributed by atoms with Gasteiger partial charge in [-0.2, -0.15) is 0 Å². The van der Waals surface area contributed by atoms with E-state index in [9.17, 15) is 0 Å². The molecule has 5 aliphatic carbocycles. The van der Waals surface area contributed by atoms with Crippen LogP contribution in [0.3, 0.4) is 0 Å². The molecule has 0 amide bonds. The van der Waals surface area contributed by atoms with Crippen LogP contribution < -0.4 is 4.90 Å². The van der Waals surface area contributed by atoms with Gasteiger partial charge in [0.25, 0.3) is 0 Å². The molecule has 1 aliphatic heterocycles. The molecule has 8 aromatic rings. The molecule has 14 rings (SSSR count). The molecule has 1 heterocycles. The van der Waals surface area contributed by atoms with E-state index >= 15 is 0 Å². The molecule has 71 heavy (non-hydrogen) atoms. The highest BCUT2D eigenvalue weighted by Gasteiger charge is 2.57. The Morgan fingerprint density at radius 3 is 1.85 bits per heavy atom. The van der Waals surface area contributed by atoms with E-state index in [1.807, 2.05) is 0 Å². The number of fused-ring (bicyclic) bond motifs is 8. The summed E-state index contributed by atoms with van der Waals surface area (Å²) in [6.45, 7) is 0. The minimum atomic E-state index is -0.347. The zero-order valence-corrected chi connectivity index (χ0v) is 39.4. The van der Waals surface area contributed by atoms with E-state index in [0.29, 0.717) is 0 Å². The van der Waals surface area contributed by atoms with Gasteiger partial charge in [0.1, 0.15) is 0 Å². The maximum atomic E-state index is 7.45. The van der Waals surface area contributed by atoms with Gasteiger partial charge < -0.3 is 14.4 Å². The summed E-state index contributed by atoms with van der Waals surface area (Å²) in [6.07, 6.45) is 18.7. The molecule has 0 aromatic heterocycles. The smallest absolute Gasteiger partial charge is 0.165 e. The van der Waals surface area contributed by atoms with Crippen LogP contribution in [0, 0.1) is 11.3 Å². The molecule has 340 valence electrons. The molecule has 0 N–H and O–H groups in total. The molecule has 0 saturated carbocycles. The second-order valence-corrected chi connectivity index (χ2v) is 19.8. The number of hydrogen-bond acceptors (Lipinski definition) is 3. The van der Waals surface area contributed by atoms with E-state index in [2.05, 4.69) is 254 Å². The summed E-state index contributed by atoms with van der Waals surface area (Å²) >= 11 is 0. The first kappa shape index (κ1) is 41.6. The molecule has 6 aliphatic rings. The van der Waals surface area contributed by atoms with Crippen LogP contribution in [0.1, 0.15) is 35.4 Å². The summed E-state index contributed by atoms with van der Waals surface area (Å²) in [7, 11) is 0. The van der Waals surface area contributed by atoms with Crippen molar-refractivity contribution in [2.75, 3.05) is 4.90 Å². The second kappa shape index (κ2) is 16.9. The largest absolute Gasteiger partial charge is 0.479 e. The average molecular weight is 914 g/mol. The number of benzene rings is 8. The van der Waals surface area contributed by atoms with Gasteiger partial charge in [-0.3, -0.25) is 0 Å². The molecule has 1 saturated heterocycles. The lowest BCUT2D eigenvalue weighted by Crippen LogP contribution is -2.42. The summed E-state index contributed by atoms with van der Waals surface area (Å²) in [4.78, 5) is 2.42. The average Bonchev–Trinajstić information content (AvgIpc) is 3.63. The zero-order chi connectivity index (χ0) is 46.9. The lowest BCUT2D eigenvalue weighted by Gasteiger charge is -2.45. The Labute approximate surface area is 416 Å². The second-order valence-electron chi connectivity index (χ2n) is 19.8. The quantitative estimate of drug-likeness (QED) is 0.159. The van der Waals surface area contributed by atoms with Crippen molar-refractivity contribution in [2.24, 2.45) is 11.3 Å². The van der Waals surface area contributed by atoms with Crippen molar-refractivity contribution in [3.05, 3.63) is 288 Å². The predicted molar refractivity (Wildman–Crippen MR) is 290 cm³/mol. The van der Waals surface area contributed by atoms with Crippen LogP contribution in [0.2, 0.25) is 0 Å². The van der Waals surface area contributed by atoms with Gasteiger partial charge in [0.2, 0.25) is 0 Å². The number of anilines is 3. The molecule has 5 unspecified atom stereocenters. The zero-order valence-electron chi connectivity index (χ0n) is 39.4. The molecule has 0 bridgehead atoms. The number of ether oxygens (including phenoxy) is 2. The van der Waals surface area contributed by atoms with E-state index in [1.54, 1.807) is 5.57 Å². The maximum Gasteiger partial charge on any atom is 0.165 e. The molecular formula is C68H51NO2. The Balaban J connectivity index is 0.884. The van der Waals surface area contributed by atoms with Crippen molar-refractivity contribution in [1.29, 1.82) is 0 Å². The van der Waals surface area contributed by atoms with E-state index < -0.39 is 0 Å². The Hall–Kier alpha value is -8.40. The van der Waals surface area contributed by atoms with E-state index in [-0.39, 0.29) is 29.5 Å². The van der Waals surface area contributed by atoms with Crippen molar-refractivity contribution >= 4 is 22.6 Å². The van der Waals surface area contributed by atoms with Crippen LogP contribution in [0.25, 0.3) is 50.1 Å². The molecule has 3 nitrogen and oxygen atoms in total. The van der Waals surface area contributed by atoms with Crippen molar-refractivity contribution in [3.8, 4) is 44.5 Å². The van der Waals surface area contributed by atoms with E-state index in [0.717, 1.165) is 75.7 Å². The minimum absolute atomic E-state index is 0.172. The molecule has 5 atom stereocenters. The van der Waals surface area contributed by atoms with Crippen molar-refractivity contribution in [1.82, 2.24) is 0 Å². The summed E-state index contributed by atoms with van der Waals surface area (Å²) < 4.78 is 14.6. The first-order valence-corrected chi connectivity index (χ1v) is 25.2. The summed E-state index contributed by atoms with van der Waals surface area (Å²) in [5.41, 5.74) is 20.7. The van der Waals surface area contributed by atoms with Crippen molar-refractivity contribution < 1.29 is 9.47 Å². The maximum absolute atomic E-state index is 7.45. The predicted octanol–water partition coefficient (Wildman–Crippen LogP) is 16.9.